The number of benzene rings is 1. The highest BCUT2D eigenvalue weighted by Gasteiger charge is 2.19. The summed E-state index contributed by atoms with van der Waals surface area (Å²) in [4.78, 5) is 16.3. The number of halogens is 1. The molecule has 0 amide bonds. The minimum absolute atomic E-state index is 0.280. The van der Waals surface area contributed by atoms with Gasteiger partial charge in [-0.15, -0.1) is 0 Å². The molecule has 0 fully saturated rings. The quantitative estimate of drug-likeness (QED) is 0.736. The van der Waals surface area contributed by atoms with E-state index in [0.717, 1.165) is 20.9 Å². The van der Waals surface area contributed by atoms with Crippen LogP contribution < -0.4 is 0 Å². The minimum atomic E-state index is -0.462. The fourth-order valence-corrected chi connectivity index (χ4v) is 2.40. The van der Waals surface area contributed by atoms with Crippen molar-refractivity contribution in [3.05, 3.63) is 58.5 Å². The molecule has 6 heteroatoms. The highest BCUT2D eigenvalue weighted by atomic mass is 79.9. The molecule has 0 bridgehead atoms. The third-order valence-corrected chi connectivity index (χ3v) is 3.65. The number of H-pyrrole nitrogens is 1. The highest BCUT2D eigenvalue weighted by Crippen LogP contribution is 2.23. The van der Waals surface area contributed by atoms with E-state index in [1.165, 1.54) is 0 Å². The summed E-state index contributed by atoms with van der Waals surface area (Å²) in [6.07, 6.45) is 2.97. The van der Waals surface area contributed by atoms with Gasteiger partial charge in [0.05, 0.1) is 5.52 Å². The first-order chi connectivity index (χ1) is 10.1. The number of carbonyl (C=O) groups excluding carboxylic acids is 1. The van der Waals surface area contributed by atoms with Crippen molar-refractivity contribution in [2.75, 3.05) is 0 Å². The molecule has 1 N–H and O–H groups in total. The smallest absolute Gasteiger partial charge is 0.360 e. The molecule has 1 atom stereocenters. The maximum atomic E-state index is 12.3. The van der Waals surface area contributed by atoms with Gasteiger partial charge in [-0.2, -0.15) is 5.10 Å². The summed E-state index contributed by atoms with van der Waals surface area (Å²) in [6, 6.07) is 9.25. The third kappa shape index (κ3) is 2.80. The Bertz CT molecular complexity index is 786. The van der Waals surface area contributed by atoms with Crippen molar-refractivity contribution in [1.82, 2.24) is 15.2 Å². The zero-order valence-corrected chi connectivity index (χ0v) is 12.8. The molecule has 0 saturated carbocycles. The van der Waals surface area contributed by atoms with Gasteiger partial charge in [-0.05, 0) is 31.2 Å². The van der Waals surface area contributed by atoms with E-state index in [2.05, 4.69) is 31.1 Å². The van der Waals surface area contributed by atoms with Crippen LogP contribution in [0.3, 0.4) is 0 Å². The predicted octanol–water partition coefficient (Wildman–Crippen LogP) is 3.64. The molecule has 21 heavy (non-hydrogen) atoms. The van der Waals surface area contributed by atoms with E-state index < -0.39 is 5.97 Å². The number of hydrogen-bond acceptors (Lipinski definition) is 4. The molecule has 0 radical (unpaired) electrons. The summed E-state index contributed by atoms with van der Waals surface area (Å²) in [5.41, 5.74) is 1.91. The maximum absolute atomic E-state index is 12.3. The highest BCUT2D eigenvalue weighted by molar-refractivity contribution is 9.10. The normalized spacial score (nSPS) is 12.3. The fourth-order valence-electron chi connectivity index (χ4n) is 2.04. The Morgan fingerprint density at radius 3 is 3.00 bits per heavy atom. The van der Waals surface area contributed by atoms with Gasteiger partial charge >= 0.3 is 5.97 Å². The van der Waals surface area contributed by atoms with Crippen LogP contribution in [-0.4, -0.2) is 21.2 Å². The number of fused-ring (bicyclic) bond motifs is 1. The van der Waals surface area contributed by atoms with Crippen molar-refractivity contribution >= 4 is 32.8 Å². The van der Waals surface area contributed by atoms with Gasteiger partial charge in [-0.25, -0.2) is 4.79 Å². The van der Waals surface area contributed by atoms with Crippen LogP contribution in [-0.2, 0) is 4.74 Å². The lowest BCUT2D eigenvalue weighted by molar-refractivity contribution is 0.0332. The predicted molar refractivity (Wildman–Crippen MR) is 81.9 cm³/mol. The summed E-state index contributed by atoms with van der Waals surface area (Å²) in [5.74, 6) is -0.462. The minimum Gasteiger partial charge on any atom is -0.453 e. The summed E-state index contributed by atoms with van der Waals surface area (Å²) in [5, 5.41) is 7.60. The lowest BCUT2D eigenvalue weighted by atomic mass is 10.2. The van der Waals surface area contributed by atoms with Crippen molar-refractivity contribution in [3.8, 4) is 0 Å². The molecule has 0 aliphatic rings. The van der Waals surface area contributed by atoms with E-state index >= 15 is 0 Å². The lowest BCUT2D eigenvalue weighted by Crippen LogP contribution is -2.10. The van der Waals surface area contributed by atoms with E-state index in [9.17, 15) is 4.79 Å². The second-order valence-electron chi connectivity index (χ2n) is 4.60. The van der Waals surface area contributed by atoms with E-state index in [4.69, 9.17) is 4.74 Å². The molecule has 0 aliphatic heterocycles. The van der Waals surface area contributed by atoms with Gasteiger partial charge in [0, 0.05) is 27.8 Å². The largest absolute Gasteiger partial charge is 0.453 e. The van der Waals surface area contributed by atoms with Crippen molar-refractivity contribution in [3.63, 3.8) is 0 Å². The first-order valence-corrected chi connectivity index (χ1v) is 7.19. The van der Waals surface area contributed by atoms with Gasteiger partial charge in [0.15, 0.2) is 5.69 Å². The van der Waals surface area contributed by atoms with Crippen LogP contribution in [0.25, 0.3) is 10.9 Å². The van der Waals surface area contributed by atoms with Gasteiger partial charge in [-0.1, -0.05) is 22.0 Å². The van der Waals surface area contributed by atoms with E-state index in [-0.39, 0.29) is 11.8 Å². The first-order valence-electron chi connectivity index (χ1n) is 6.39. The number of aromatic amines is 1. The van der Waals surface area contributed by atoms with Crippen LogP contribution >= 0.6 is 15.9 Å². The molecule has 5 nitrogen and oxygen atoms in total. The van der Waals surface area contributed by atoms with Crippen LogP contribution in [0.5, 0.6) is 0 Å². The summed E-state index contributed by atoms with van der Waals surface area (Å²) in [6.45, 7) is 1.81. The fraction of sp³-hybridized carbons (Fsp3) is 0.133. The summed E-state index contributed by atoms with van der Waals surface area (Å²) in [7, 11) is 0. The number of ether oxygens (including phenoxy) is 1. The molecular formula is C15H12BrN3O2. The Labute approximate surface area is 129 Å². The van der Waals surface area contributed by atoms with Gasteiger partial charge in [0.1, 0.15) is 6.10 Å². The number of hydrogen-bond donors (Lipinski definition) is 1. The van der Waals surface area contributed by atoms with E-state index in [1.54, 1.807) is 25.4 Å². The van der Waals surface area contributed by atoms with Gasteiger partial charge in [0.2, 0.25) is 0 Å². The number of rotatable bonds is 3. The molecule has 3 aromatic rings. The number of aromatic nitrogens is 3. The third-order valence-electron chi connectivity index (χ3n) is 3.16. The summed E-state index contributed by atoms with van der Waals surface area (Å²) < 4.78 is 6.33. The Hall–Kier alpha value is -2.21. The van der Waals surface area contributed by atoms with Gasteiger partial charge in [-0.3, -0.25) is 10.1 Å². The topological polar surface area (TPSA) is 67.9 Å². The van der Waals surface area contributed by atoms with Gasteiger partial charge < -0.3 is 4.74 Å². The first kappa shape index (κ1) is 13.8. The van der Waals surface area contributed by atoms with E-state index in [1.807, 2.05) is 24.3 Å². The molecule has 1 aromatic carbocycles. The number of nitrogens with zero attached hydrogens (tertiary/aromatic N) is 2. The van der Waals surface area contributed by atoms with Gasteiger partial charge in [0.25, 0.3) is 0 Å². The van der Waals surface area contributed by atoms with Crippen molar-refractivity contribution in [2.24, 2.45) is 0 Å². The van der Waals surface area contributed by atoms with Crippen LogP contribution in [0.4, 0.5) is 0 Å². The Morgan fingerprint density at radius 1 is 1.38 bits per heavy atom. The molecule has 106 valence electrons. The molecule has 2 aromatic heterocycles. The monoisotopic (exact) mass is 345 g/mol. The van der Waals surface area contributed by atoms with Crippen LogP contribution in [0.15, 0.2) is 47.2 Å². The van der Waals surface area contributed by atoms with E-state index in [0.29, 0.717) is 0 Å². The Balaban J connectivity index is 1.86. The average Bonchev–Trinajstić information content (AvgIpc) is 2.91. The zero-order chi connectivity index (χ0) is 14.8. The number of nitrogens with one attached hydrogen (secondary N) is 1. The zero-order valence-electron chi connectivity index (χ0n) is 11.2. The standard InChI is InChI=1S/C15H12BrN3O2/c1-9(10-3-2-6-17-8-10)21-15(20)14-12-7-11(16)4-5-13(12)18-19-14/h2-9H,1H3,(H,18,19). The molecule has 0 aliphatic carbocycles. The lowest BCUT2D eigenvalue weighted by Gasteiger charge is -2.12. The number of esters is 1. The summed E-state index contributed by atoms with van der Waals surface area (Å²) >= 11 is 3.39. The van der Waals surface area contributed by atoms with Crippen molar-refractivity contribution in [1.29, 1.82) is 0 Å². The molecule has 0 spiro atoms. The number of pyridine rings is 1. The van der Waals surface area contributed by atoms with Crippen molar-refractivity contribution in [2.45, 2.75) is 13.0 Å². The second-order valence-corrected chi connectivity index (χ2v) is 5.51. The van der Waals surface area contributed by atoms with Crippen molar-refractivity contribution < 1.29 is 9.53 Å². The second kappa shape index (κ2) is 5.65. The van der Waals surface area contributed by atoms with Crippen LogP contribution in [0, 0.1) is 0 Å². The molecular weight excluding hydrogens is 334 g/mol. The molecule has 1 unspecified atom stereocenters. The maximum Gasteiger partial charge on any atom is 0.360 e. The number of carbonyl (C=O) groups is 1. The van der Waals surface area contributed by atoms with Crippen LogP contribution in [0.1, 0.15) is 29.1 Å². The average molecular weight is 346 g/mol. The molecule has 2 heterocycles. The Morgan fingerprint density at radius 2 is 2.24 bits per heavy atom. The van der Waals surface area contributed by atoms with Crippen LogP contribution in [0.2, 0.25) is 0 Å². The molecule has 3 rings (SSSR count). The molecule has 0 saturated heterocycles. The Kier molecular flexibility index (Phi) is 3.70. The SMILES string of the molecule is CC(OC(=O)c1n[nH]c2ccc(Br)cc12)c1cccnc1.